The average Bonchev–Trinajstić information content (AvgIpc) is 2.38. The van der Waals surface area contributed by atoms with Gasteiger partial charge in [0.1, 0.15) is 5.69 Å². The molecule has 0 aliphatic carbocycles. The maximum atomic E-state index is 11.7. The summed E-state index contributed by atoms with van der Waals surface area (Å²) in [6.07, 6.45) is 1.64. The molecule has 0 fully saturated rings. The Balaban J connectivity index is 2.98. The highest BCUT2D eigenvalue weighted by atomic mass is 16.1. The van der Waals surface area contributed by atoms with Crippen molar-refractivity contribution in [2.24, 2.45) is 5.73 Å². The van der Waals surface area contributed by atoms with E-state index in [1.807, 2.05) is 20.0 Å². The second-order valence-corrected chi connectivity index (χ2v) is 4.83. The van der Waals surface area contributed by atoms with E-state index >= 15 is 0 Å². The molecule has 0 radical (unpaired) electrons. The molecule has 1 aromatic rings. The number of aromatic nitrogens is 1. The molecule has 5 heteroatoms. The number of likely N-dealkylation sites (N-methyl/N-ethyl adjacent to an activating group) is 1. The zero-order valence-electron chi connectivity index (χ0n) is 11.5. The summed E-state index contributed by atoms with van der Waals surface area (Å²) in [6.45, 7) is 7.11. The number of pyridine rings is 1. The van der Waals surface area contributed by atoms with E-state index in [0.717, 1.165) is 5.69 Å². The molecule has 100 valence electrons. The van der Waals surface area contributed by atoms with Crippen LogP contribution in [0.5, 0.6) is 0 Å². The number of carbonyl (C=O) groups is 1. The van der Waals surface area contributed by atoms with Crippen LogP contribution in [-0.4, -0.2) is 36.6 Å². The van der Waals surface area contributed by atoms with Crippen molar-refractivity contribution in [3.63, 3.8) is 0 Å². The molecule has 0 spiro atoms. The smallest absolute Gasteiger partial charge is 0.269 e. The predicted octanol–water partition coefficient (Wildman–Crippen LogP) is 1.00. The van der Waals surface area contributed by atoms with Crippen LogP contribution < -0.4 is 16.0 Å². The van der Waals surface area contributed by atoms with Gasteiger partial charge in [0.15, 0.2) is 0 Å². The predicted molar refractivity (Wildman–Crippen MR) is 73.8 cm³/mol. The quantitative estimate of drug-likeness (QED) is 0.818. The topological polar surface area (TPSA) is 71.2 Å². The van der Waals surface area contributed by atoms with E-state index in [9.17, 15) is 4.79 Å². The van der Waals surface area contributed by atoms with Gasteiger partial charge in [-0.1, -0.05) is 0 Å². The highest BCUT2D eigenvalue weighted by Crippen LogP contribution is 2.21. The first-order valence-electron chi connectivity index (χ1n) is 6.10. The number of rotatable bonds is 5. The average molecular weight is 250 g/mol. The first-order chi connectivity index (χ1) is 8.42. The molecule has 1 heterocycles. The molecule has 0 saturated heterocycles. The van der Waals surface area contributed by atoms with E-state index in [-0.39, 0.29) is 11.4 Å². The van der Waals surface area contributed by atoms with Gasteiger partial charge in [0.05, 0.1) is 0 Å². The molecule has 0 aliphatic heterocycles. The van der Waals surface area contributed by atoms with Gasteiger partial charge in [-0.2, -0.15) is 0 Å². The standard InChI is InChI=1S/C13H22N4O/c1-5-15-12(18)11-8-10(6-7-16-11)17(4)13(2,3)9-14/h6-8H,5,9,14H2,1-4H3,(H,15,18). The van der Waals surface area contributed by atoms with Crippen molar-refractivity contribution in [2.75, 3.05) is 25.0 Å². The highest BCUT2D eigenvalue weighted by Gasteiger charge is 2.22. The maximum absolute atomic E-state index is 11.7. The fourth-order valence-electron chi connectivity index (χ4n) is 1.49. The van der Waals surface area contributed by atoms with Crippen LogP contribution in [0.1, 0.15) is 31.3 Å². The van der Waals surface area contributed by atoms with Crippen molar-refractivity contribution in [3.8, 4) is 0 Å². The first kappa shape index (κ1) is 14.4. The molecule has 0 bridgehead atoms. The van der Waals surface area contributed by atoms with Crippen LogP contribution in [0.15, 0.2) is 18.3 Å². The molecule has 0 aliphatic rings. The number of hydrogen-bond acceptors (Lipinski definition) is 4. The van der Waals surface area contributed by atoms with Gasteiger partial charge in [-0.25, -0.2) is 0 Å². The third-order valence-corrected chi connectivity index (χ3v) is 3.11. The number of anilines is 1. The number of nitrogens with two attached hydrogens (primary N) is 1. The van der Waals surface area contributed by atoms with Gasteiger partial charge < -0.3 is 16.0 Å². The summed E-state index contributed by atoms with van der Waals surface area (Å²) >= 11 is 0. The van der Waals surface area contributed by atoms with E-state index in [2.05, 4.69) is 29.0 Å². The minimum atomic E-state index is -0.167. The molecule has 0 aromatic carbocycles. The van der Waals surface area contributed by atoms with Gasteiger partial charge in [-0.3, -0.25) is 9.78 Å². The van der Waals surface area contributed by atoms with E-state index in [4.69, 9.17) is 5.73 Å². The van der Waals surface area contributed by atoms with Crippen molar-refractivity contribution in [1.82, 2.24) is 10.3 Å². The molecule has 1 rings (SSSR count). The SMILES string of the molecule is CCNC(=O)c1cc(N(C)C(C)(C)CN)ccn1. The lowest BCUT2D eigenvalue weighted by Crippen LogP contribution is -2.47. The van der Waals surface area contributed by atoms with Crippen molar-refractivity contribution in [2.45, 2.75) is 26.3 Å². The Morgan fingerprint density at radius 1 is 1.56 bits per heavy atom. The van der Waals surface area contributed by atoms with Crippen LogP contribution in [0, 0.1) is 0 Å². The van der Waals surface area contributed by atoms with E-state index in [1.165, 1.54) is 0 Å². The molecule has 3 N–H and O–H groups in total. The van der Waals surface area contributed by atoms with Crippen LogP contribution >= 0.6 is 0 Å². The molecule has 5 nitrogen and oxygen atoms in total. The van der Waals surface area contributed by atoms with Crippen molar-refractivity contribution < 1.29 is 4.79 Å². The zero-order chi connectivity index (χ0) is 13.8. The van der Waals surface area contributed by atoms with Crippen LogP contribution in [0.3, 0.4) is 0 Å². The van der Waals surface area contributed by atoms with Gasteiger partial charge in [-0.05, 0) is 32.9 Å². The van der Waals surface area contributed by atoms with Crippen molar-refractivity contribution >= 4 is 11.6 Å². The lowest BCUT2D eigenvalue weighted by Gasteiger charge is -2.36. The Morgan fingerprint density at radius 3 is 2.78 bits per heavy atom. The lowest BCUT2D eigenvalue weighted by molar-refractivity contribution is 0.0951. The Morgan fingerprint density at radius 2 is 2.22 bits per heavy atom. The van der Waals surface area contributed by atoms with Gasteiger partial charge in [0.2, 0.25) is 0 Å². The Kier molecular flexibility index (Phi) is 4.67. The summed E-state index contributed by atoms with van der Waals surface area (Å²) in [5.41, 5.74) is 6.94. The Labute approximate surface area is 108 Å². The zero-order valence-corrected chi connectivity index (χ0v) is 11.5. The summed E-state index contributed by atoms with van der Waals surface area (Å²) in [5.74, 6) is -0.154. The molecular formula is C13H22N4O. The van der Waals surface area contributed by atoms with Crippen LogP contribution in [0.2, 0.25) is 0 Å². The summed E-state index contributed by atoms with van der Waals surface area (Å²) in [5, 5.41) is 2.74. The summed E-state index contributed by atoms with van der Waals surface area (Å²) in [4.78, 5) is 17.9. The third kappa shape index (κ3) is 3.20. The maximum Gasteiger partial charge on any atom is 0.269 e. The Bertz CT molecular complexity index is 417. The number of carbonyl (C=O) groups excluding carboxylic acids is 1. The molecule has 0 atom stereocenters. The van der Waals surface area contributed by atoms with Gasteiger partial charge >= 0.3 is 0 Å². The van der Waals surface area contributed by atoms with E-state index in [1.54, 1.807) is 12.3 Å². The van der Waals surface area contributed by atoms with Crippen LogP contribution in [0.25, 0.3) is 0 Å². The third-order valence-electron chi connectivity index (χ3n) is 3.11. The van der Waals surface area contributed by atoms with Gasteiger partial charge in [0, 0.05) is 37.6 Å². The number of nitrogens with one attached hydrogen (secondary N) is 1. The molecule has 0 unspecified atom stereocenters. The monoisotopic (exact) mass is 250 g/mol. The summed E-state index contributed by atoms with van der Waals surface area (Å²) in [6, 6.07) is 3.66. The Hall–Kier alpha value is -1.62. The molecule has 1 aromatic heterocycles. The van der Waals surface area contributed by atoms with Crippen LogP contribution in [0.4, 0.5) is 5.69 Å². The molecule has 1 amide bonds. The molecular weight excluding hydrogens is 228 g/mol. The number of nitrogens with zero attached hydrogens (tertiary/aromatic N) is 2. The highest BCUT2D eigenvalue weighted by molar-refractivity contribution is 5.93. The van der Waals surface area contributed by atoms with Gasteiger partial charge in [0.25, 0.3) is 5.91 Å². The second-order valence-electron chi connectivity index (χ2n) is 4.83. The second kappa shape index (κ2) is 5.82. The fraction of sp³-hybridized carbons (Fsp3) is 0.538. The largest absolute Gasteiger partial charge is 0.368 e. The minimum Gasteiger partial charge on any atom is -0.368 e. The van der Waals surface area contributed by atoms with Crippen LogP contribution in [-0.2, 0) is 0 Å². The van der Waals surface area contributed by atoms with Crippen molar-refractivity contribution in [3.05, 3.63) is 24.0 Å². The van der Waals surface area contributed by atoms with Gasteiger partial charge in [-0.15, -0.1) is 0 Å². The molecule has 18 heavy (non-hydrogen) atoms. The first-order valence-corrected chi connectivity index (χ1v) is 6.10. The molecule has 0 saturated carbocycles. The van der Waals surface area contributed by atoms with E-state index in [0.29, 0.717) is 18.8 Å². The number of amides is 1. The fourth-order valence-corrected chi connectivity index (χ4v) is 1.49. The van der Waals surface area contributed by atoms with E-state index < -0.39 is 0 Å². The lowest BCUT2D eigenvalue weighted by atomic mass is 10.0. The normalized spacial score (nSPS) is 11.2. The van der Waals surface area contributed by atoms with Crippen molar-refractivity contribution in [1.29, 1.82) is 0 Å². The minimum absolute atomic E-state index is 0.154. The number of hydrogen-bond donors (Lipinski definition) is 2. The summed E-state index contributed by atoms with van der Waals surface area (Å²) < 4.78 is 0. The summed E-state index contributed by atoms with van der Waals surface area (Å²) in [7, 11) is 1.96.